The molecule has 2 aromatic carbocycles. The van der Waals surface area contributed by atoms with Gasteiger partial charge < -0.3 is 19.6 Å². The summed E-state index contributed by atoms with van der Waals surface area (Å²) in [6.45, 7) is 5.22. The zero-order valence-corrected chi connectivity index (χ0v) is 17.0. The number of hydrogen-bond donors (Lipinski definition) is 2. The molecule has 3 aromatic rings. The van der Waals surface area contributed by atoms with Crippen molar-refractivity contribution in [1.29, 1.82) is 0 Å². The van der Waals surface area contributed by atoms with Gasteiger partial charge in [-0.25, -0.2) is 9.59 Å². The van der Waals surface area contributed by atoms with E-state index in [0.717, 1.165) is 10.9 Å². The number of fused-ring (bicyclic) bond motifs is 1. The Labute approximate surface area is 173 Å². The second-order valence-electron chi connectivity index (χ2n) is 6.96. The van der Waals surface area contributed by atoms with Gasteiger partial charge in [0.25, 0.3) is 5.91 Å². The van der Waals surface area contributed by atoms with Gasteiger partial charge in [-0.2, -0.15) is 0 Å². The molecule has 0 bridgehead atoms. The fourth-order valence-electron chi connectivity index (χ4n) is 3.26. The van der Waals surface area contributed by atoms with Crippen LogP contribution in [0.4, 0.5) is 0 Å². The number of carboxylic acid groups (broad SMARTS) is 1. The molecule has 3 rings (SSSR count). The number of ether oxygens (including phenoxy) is 1. The van der Waals surface area contributed by atoms with Crippen LogP contribution in [0.25, 0.3) is 11.0 Å². The van der Waals surface area contributed by atoms with E-state index in [1.807, 2.05) is 6.92 Å². The molecular weight excluding hydrogens is 386 g/mol. The van der Waals surface area contributed by atoms with Crippen molar-refractivity contribution in [1.82, 2.24) is 5.32 Å². The van der Waals surface area contributed by atoms with Crippen molar-refractivity contribution in [3.05, 3.63) is 75.6 Å². The lowest BCUT2D eigenvalue weighted by Gasteiger charge is -2.20. The number of hydrogen-bond acceptors (Lipinski definition) is 5. The van der Waals surface area contributed by atoms with Crippen LogP contribution in [0, 0.1) is 6.92 Å². The van der Waals surface area contributed by atoms with Crippen LogP contribution in [0.2, 0.25) is 0 Å². The standard InChI is InChI=1S/C23H23NO6/c1-4-15-12-19(25)30-21-13(2)18(11-10-17(15)21)29-14(3)22(26)24-20(23(27)28)16-8-6-5-7-9-16/h5-12,14,20H,4H2,1-3H3,(H,24,26)(H,27,28)/t14-,20-/m1/s1. The van der Waals surface area contributed by atoms with E-state index in [1.54, 1.807) is 49.4 Å². The third kappa shape index (κ3) is 4.35. The van der Waals surface area contributed by atoms with Gasteiger partial charge in [-0.15, -0.1) is 0 Å². The Hall–Kier alpha value is -3.61. The molecule has 0 aliphatic rings. The summed E-state index contributed by atoms with van der Waals surface area (Å²) >= 11 is 0. The molecule has 7 nitrogen and oxygen atoms in total. The number of aryl methyl sites for hydroxylation is 2. The van der Waals surface area contributed by atoms with Gasteiger partial charge in [0.15, 0.2) is 12.1 Å². The third-order valence-corrected chi connectivity index (χ3v) is 4.92. The summed E-state index contributed by atoms with van der Waals surface area (Å²) in [5, 5.41) is 12.8. The van der Waals surface area contributed by atoms with Gasteiger partial charge in [-0.1, -0.05) is 37.3 Å². The number of benzene rings is 2. The average Bonchev–Trinajstić information content (AvgIpc) is 2.73. The van der Waals surface area contributed by atoms with Crippen LogP contribution in [0.1, 0.15) is 36.6 Å². The molecule has 156 valence electrons. The molecular formula is C23H23NO6. The zero-order valence-electron chi connectivity index (χ0n) is 17.0. The van der Waals surface area contributed by atoms with Gasteiger partial charge in [-0.3, -0.25) is 4.79 Å². The Bertz CT molecular complexity index is 1140. The first-order valence-corrected chi connectivity index (χ1v) is 9.63. The van der Waals surface area contributed by atoms with Crippen molar-refractivity contribution in [2.45, 2.75) is 39.3 Å². The fraction of sp³-hybridized carbons (Fsp3) is 0.261. The van der Waals surface area contributed by atoms with E-state index in [1.165, 1.54) is 13.0 Å². The van der Waals surface area contributed by atoms with E-state index in [2.05, 4.69) is 5.32 Å². The monoisotopic (exact) mass is 409 g/mol. The van der Waals surface area contributed by atoms with E-state index < -0.39 is 29.6 Å². The summed E-state index contributed by atoms with van der Waals surface area (Å²) in [7, 11) is 0. The molecule has 1 amide bonds. The smallest absolute Gasteiger partial charge is 0.336 e. The summed E-state index contributed by atoms with van der Waals surface area (Å²) in [5.41, 5.74) is 1.89. The highest BCUT2D eigenvalue weighted by molar-refractivity contribution is 5.88. The normalized spacial score (nSPS) is 12.9. The molecule has 1 aromatic heterocycles. The second-order valence-corrected chi connectivity index (χ2v) is 6.96. The number of aliphatic carboxylic acids is 1. The highest BCUT2D eigenvalue weighted by Gasteiger charge is 2.26. The molecule has 0 spiro atoms. The maximum Gasteiger partial charge on any atom is 0.336 e. The molecule has 0 radical (unpaired) electrons. The SMILES string of the molecule is CCc1cc(=O)oc2c(C)c(O[C@H](C)C(=O)N[C@@H](C(=O)O)c3ccccc3)ccc12. The number of carbonyl (C=O) groups is 2. The lowest BCUT2D eigenvalue weighted by Crippen LogP contribution is -2.41. The Morgan fingerprint density at radius 1 is 1.17 bits per heavy atom. The molecule has 0 unspecified atom stereocenters. The van der Waals surface area contributed by atoms with Crippen LogP contribution in [0.15, 0.2) is 57.7 Å². The van der Waals surface area contributed by atoms with Crippen LogP contribution in [0.3, 0.4) is 0 Å². The summed E-state index contributed by atoms with van der Waals surface area (Å²) in [6.07, 6.45) is -0.288. The van der Waals surface area contributed by atoms with E-state index in [4.69, 9.17) is 9.15 Å². The van der Waals surface area contributed by atoms with Gasteiger partial charge in [0.1, 0.15) is 11.3 Å². The molecule has 0 fully saturated rings. The first kappa shape index (κ1) is 21.1. The molecule has 0 aliphatic heterocycles. The summed E-state index contributed by atoms with van der Waals surface area (Å²) < 4.78 is 11.1. The van der Waals surface area contributed by atoms with Crippen molar-refractivity contribution in [2.24, 2.45) is 0 Å². The van der Waals surface area contributed by atoms with Gasteiger partial charge in [0.2, 0.25) is 0 Å². The highest BCUT2D eigenvalue weighted by atomic mass is 16.5. The number of amides is 1. The molecule has 0 saturated heterocycles. The average molecular weight is 409 g/mol. The van der Waals surface area contributed by atoms with E-state index in [9.17, 15) is 19.5 Å². The first-order valence-electron chi connectivity index (χ1n) is 9.63. The summed E-state index contributed by atoms with van der Waals surface area (Å²) in [5.74, 6) is -1.36. The number of rotatable bonds is 7. The number of carbonyl (C=O) groups excluding carboxylic acids is 1. The van der Waals surface area contributed by atoms with Crippen molar-refractivity contribution in [2.75, 3.05) is 0 Å². The Kier molecular flexibility index (Phi) is 6.20. The summed E-state index contributed by atoms with van der Waals surface area (Å²) in [6, 6.07) is 12.2. The molecule has 0 saturated carbocycles. The Morgan fingerprint density at radius 3 is 2.50 bits per heavy atom. The Morgan fingerprint density at radius 2 is 1.87 bits per heavy atom. The van der Waals surface area contributed by atoms with Crippen molar-refractivity contribution in [3.8, 4) is 5.75 Å². The maximum atomic E-state index is 12.6. The predicted molar refractivity (Wildman–Crippen MR) is 112 cm³/mol. The van der Waals surface area contributed by atoms with E-state index >= 15 is 0 Å². The summed E-state index contributed by atoms with van der Waals surface area (Å²) in [4.78, 5) is 36.1. The van der Waals surface area contributed by atoms with E-state index in [-0.39, 0.29) is 0 Å². The third-order valence-electron chi connectivity index (χ3n) is 4.92. The molecule has 30 heavy (non-hydrogen) atoms. The molecule has 7 heteroatoms. The minimum absolute atomic E-state index is 0.383. The van der Waals surface area contributed by atoms with Crippen LogP contribution in [-0.2, 0) is 16.0 Å². The van der Waals surface area contributed by atoms with E-state index in [0.29, 0.717) is 28.9 Å². The lowest BCUT2D eigenvalue weighted by atomic mass is 10.0. The zero-order chi connectivity index (χ0) is 21.8. The molecule has 2 N–H and O–H groups in total. The van der Waals surface area contributed by atoms with Crippen molar-refractivity contribution in [3.63, 3.8) is 0 Å². The van der Waals surface area contributed by atoms with Crippen LogP contribution in [0.5, 0.6) is 5.75 Å². The largest absolute Gasteiger partial charge is 0.480 e. The van der Waals surface area contributed by atoms with Gasteiger partial charge in [-0.05, 0) is 43.5 Å². The highest BCUT2D eigenvalue weighted by Crippen LogP contribution is 2.29. The number of carboxylic acids is 1. The van der Waals surface area contributed by atoms with Gasteiger partial charge in [0.05, 0.1) is 0 Å². The molecule has 1 heterocycles. The fourth-order valence-corrected chi connectivity index (χ4v) is 3.26. The minimum Gasteiger partial charge on any atom is -0.480 e. The second kappa shape index (κ2) is 8.82. The Balaban J connectivity index is 1.83. The first-order chi connectivity index (χ1) is 14.3. The minimum atomic E-state index is -1.19. The van der Waals surface area contributed by atoms with Crippen LogP contribution < -0.4 is 15.7 Å². The molecule has 0 aliphatic carbocycles. The van der Waals surface area contributed by atoms with Crippen LogP contribution >= 0.6 is 0 Å². The van der Waals surface area contributed by atoms with Crippen LogP contribution in [-0.4, -0.2) is 23.1 Å². The quantitative estimate of drug-likeness (QED) is 0.580. The molecule has 2 atom stereocenters. The predicted octanol–water partition coefficient (Wildman–Crippen LogP) is 3.37. The van der Waals surface area contributed by atoms with Gasteiger partial charge in [0, 0.05) is 17.0 Å². The lowest BCUT2D eigenvalue weighted by molar-refractivity contribution is -0.143. The van der Waals surface area contributed by atoms with Crippen molar-refractivity contribution >= 4 is 22.8 Å². The number of nitrogens with one attached hydrogen (secondary N) is 1. The maximum absolute atomic E-state index is 12.6. The van der Waals surface area contributed by atoms with Crippen molar-refractivity contribution < 1.29 is 23.8 Å². The van der Waals surface area contributed by atoms with Gasteiger partial charge >= 0.3 is 11.6 Å². The topological polar surface area (TPSA) is 106 Å².